The van der Waals surface area contributed by atoms with Crippen molar-refractivity contribution < 1.29 is 0 Å². The fourth-order valence-electron chi connectivity index (χ4n) is 1.40. The molecule has 0 aliphatic heterocycles. The van der Waals surface area contributed by atoms with Crippen molar-refractivity contribution in [1.82, 2.24) is 0 Å². The molecule has 1 aromatic rings. The summed E-state index contributed by atoms with van der Waals surface area (Å²) in [5.74, 6) is 0. The van der Waals surface area contributed by atoms with E-state index in [0.29, 0.717) is 0 Å². The second-order valence-electron chi connectivity index (χ2n) is 2.77. The second-order valence-corrected chi connectivity index (χ2v) is 3.62. The third-order valence-corrected chi connectivity index (χ3v) is 2.72. The van der Waals surface area contributed by atoms with Gasteiger partial charge in [0.2, 0.25) is 0 Å². The Morgan fingerprint density at radius 2 is 1.50 bits per heavy atom. The third-order valence-electron chi connectivity index (χ3n) is 2.03. The standard InChI is InChI=1S/C11H13Br.C2H6/c1-4-9-8(3)6-7-11(12)10(9)5-2;1-2/h4-7H,1-3H3;1-2H3/b9-4-,10-5+;. The van der Waals surface area contributed by atoms with E-state index in [9.17, 15) is 0 Å². The average Bonchev–Trinajstić information content (AvgIpc) is 2.24. The summed E-state index contributed by atoms with van der Waals surface area (Å²) < 4.78 is 1.17. The Morgan fingerprint density at radius 3 is 1.86 bits per heavy atom. The van der Waals surface area contributed by atoms with E-state index < -0.39 is 0 Å². The molecule has 0 radical (unpaired) electrons. The van der Waals surface area contributed by atoms with Gasteiger partial charge in [-0.25, -0.2) is 0 Å². The molecular formula is C13H19Br. The molecule has 0 aliphatic carbocycles. The van der Waals surface area contributed by atoms with Gasteiger partial charge in [-0.15, -0.1) is 0 Å². The smallest absolute Gasteiger partial charge is 0.0250 e. The quantitative estimate of drug-likeness (QED) is 0.666. The lowest BCUT2D eigenvalue weighted by Crippen LogP contribution is -2.27. The summed E-state index contributed by atoms with van der Waals surface area (Å²) in [6, 6.07) is 4.23. The molecule has 0 saturated carbocycles. The summed E-state index contributed by atoms with van der Waals surface area (Å²) in [4.78, 5) is 0. The first-order valence-corrected chi connectivity index (χ1v) is 5.87. The molecule has 0 spiro atoms. The fourth-order valence-corrected chi connectivity index (χ4v) is 1.97. The topological polar surface area (TPSA) is 0 Å². The Labute approximate surface area is 95.5 Å². The van der Waals surface area contributed by atoms with Crippen molar-refractivity contribution >= 4 is 28.1 Å². The molecule has 0 heterocycles. The lowest BCUT2D eigenvalue weighted by atomic mass is 10.1. The zero-order valence-electron chi connectivity index (χ0n) is 9.69. The van der Waals surface area contributed by atoms with E-state index in [2.05, 4.69) is 61.0 Å². The molecule has 1 rings (SSSR count). The lowest BCUT2D eigenvalue weighted by molar-refractivity contribution is 1.34. The Hall–Kier alpha value is -0.560. The SMILES string of the molecule is C/C=c1/c(C)ccc(Br)/c1=C/C.CC. The highest BCUT2D eigenvalue weighted by Gasteiger charge is 1.93. The molecule has 14 heavy (non-hydrogen) atoms. The van der Waals surface area contributed by atoms with E-state index in [0.717, 1.165) is 0 Å². The van der Waals surface area contributed by atoms with Crippen molar-refractivity contribution in [3.8, 4) is 0 Å². The molecule has 0 aliphatic rings. The molecule has 0 N–H and O–H groups in total. The molecule has 0 fully saturated rings. The van der Waals surface area contributed by atoms with Crippen molar-refractivity contribution in [3.05, 3.63) is 32.6 Å². The normalized spacial score (nSPS) is 12.4. The first-order valence-electron chi connectivity index (χ1n) is 5.08. The predicted molar refractivity (Wildman–Crippen MR) is 69.8 cm³/mol. The Morgan fingerprint density at radius 1 is 1.00 bits per heavy atom. The van der Waals surface area contributed by atoms with Crippen LogP contribution in [-0.4, -0.2) is 0 Å². The molecule has 1 heteroatoms. The predicted octanol–water partition coefficient (Wildman–Crippen LogP) is 3.38. The first-order chi connectivity index (χ1) is 6.70. The Kier molecular flexibility index (Phi) is 6.56. The zero-order valence-corrected chi connectivity index (χ0v) is 11.3. The van der Waals surface area contributed by atoms with Gasteiger partial charge in [0.15, 0.2) is 0 Å². The lowest BCUT2D eigenvalue weighted by Gasteiger charge is -1.98. The monoisotopic (exact) mass is 254 g/mol. The van der Waals surface area contributed by atoms with E-state index in [4.69, 9.17) is 0 Å². The van der Waals surface area contributed by atoms with Crippen LogP contribution in [0.25, 0.3) is 12.2 Å². The van der Waals surface area contributed by atoms with Crippen molar-refractivity contribution in [2.45, 2.75) is 34.6 Å². The van der Waals surface area contributed by atoms with Gasteiger partial charge in [0, 0.05) is 4.47 Å². The van der Waals surface area contributed by atoms with Gasteiger partial charge < -0.3 is 0 Å². The summed E-state index contributed by atoms with van der Waals surface area (Å²) in [5.41, 5.74) is 1.33. The van der Waals surface area contributed by atoms with Crippen LogP contribution in [0.5, 0.6) is 0 Å². The maximum atomic E-state index is 3.53. The molecule has 0 unspecified atom stereocenters. The van der Waals surface area contributed by atoms with Gasteiger partial charge in [-0.1, -0.05) is 48.0 Å². The van der Waals surface area contributed by atoms with E-state index in [1.165, 1.54) is 20.5 Å². The maximum Gasteiger partial charge on any atom is 0.0250 e. The van der Waals surface area contributed by atoms with E-state index in [1.807, 2.05) is 13.8 Å². The van der Waals surface area contributed by atoms with E-state index >= 15 is 0 Å². The van der Waals surface area contributed by atoms with Crippen LogP contribution >= 0.6 is 15.9 Å². The zero-order chi connectivity index (χ0) is 11.1. The molecule has 0 amide bonds. The molecule has 78 valence electrons. The molecule has 0 aromatic heterocycles. The fraction of sp³-hybridized carbons (Fsp3) is 0.385. The van der Waals surface area contributed by atoms with Crippen LogP contribution in [0.15, 0.2) is 16.6 Å². The molecule has 0 saturated heterocycles. The van der Waals surface area contributed by atoms with Gasteiger partial charge in [0.1, 0.15) is 0 Å². The van der Waals surface area contributed by atoms with E-state index in [-0.39, 0.29) is 0 Å². The second kappa shape index (κ2) is 6.83. The van der Waals surface area contributed by atoms with Crippen molar-refractivity contribution in [2.24, 2.45) is 0 Å². The molecule has 1 aromatic carbocycles. The third kappa shape index (κ3) is 2.98. The van der Waals surface area contributed by atoms with Crippen molar-refractivity contribution in [2.75, 3.05) is 0 Å². The van der Waals surface area contributed by atoms with E-state index in [1.54, 1.807) is 0 Å². The van der Waals surface area contributed by atoms with Crippen LogP contribution < -0.4 is 10.4 Å². The minimum absolute atomic E-state index is 1.17. The van der Waals surface area contributed by atoms with Gasteiger partial charge in [0.25, 0.3) is 0 Å². The number of benzene rings is 1. The first kappa shape index (κ1) is 13.4. The van der Waals surface area contributed by atoms with Gasteiger partial charge in [-0.3, -0.25) is 0 Å². The Balaban J connectivity index is 0.000000791. The molecule has 0 atom stereocenters. The van der Waals surface area contributed by atoms with Gasteiger partial charge in [-0.05, 0) is 42.8 Å². The number of hydrogen-bond acceptors (Lipinski definition) is 0. The van der Waals surface area contributed by atoms with Crippen molar-refractivity contribution in [1.29, 1.82) is 0 Å². The Bertz CT molecular complexity index is 349. The van der Waals surface area contributed by atoms with Crippen LogP contribution in [0.3, 0.4) is 0 Å². The molecule has 0 nitrogen and oxygen atoms in total. The van der Waals surface area contributed by atoms with Gasteiger partial charge in [-0.2, -0.15) is 0 Å². The summed E-state index contributed by atoms with van der Waals surface area (Å²) in [6.07, 6.45) is 4.28. The highest BCUT2D eigenvalue weighted by atomic mass is 79.9. The van der Waals surface area contributed by atoms with Crippen LogP contribution in [-0.2, 0) is 0 Å². The number of halogens is 1. The maximum absolute atomic E-state index is 3.53. The summed E-state index contributed by atoms with van der Waals surface area (Å²) in [5, 5.41) is 2.62. The van der Waals surface area contributed by atoms with Gasteiger partial charge >= 0.3 is 0 Å². The average molecular weight is 255 g/mol. The van der Waals surface area contributed by atoms with Crippen LogP contribution in [0.2, 0.25) is 0 Å². The molecular weight excluding hydrogens is 236 g/mol. The highest BCUT2D eigenvalue weighted by Crippen LogP contribution is 2.00. The number of rotatable bonds is 0. The minimum Gasteiger partial charge on any atom is -0.0795 e. The molecule has 0 bridgehead atoms. The largest absolute Gasteiger partial charge is 0.0795 e. The minimum atomic E-state index is 1.17. The van der Waals surface area contributed by atoms with Crippen LogP contribution in [0, 0.1) is 6.92 Å². The van der Waals surface area contributed by atoms with Crippen LogP contribution in [0.4, 0.5) is 0 Å². The number of aryl methyl sites for hydroxylation is 1. The summed E-state index contributed by atoms with van der Waals surface area (Å²) in [6.45, 7) is 10.3. The highest BCUT2D eigenvalue weighted by molar-refractivity contribution is 9.10. The number of hydrogen-bond donors (Lipinski definition) is 0. The summed E-state index contributed by atoms with van der Waals surface area (Å²) >= 11 is 3.53. The summed E-state index contributed by atoms with van der Waals surface area (Å²) in [7, 11) is 0. The van der Waals surface area contributed by atoms with Crippen molar-refractivity contribution in [3.63, 3.8) is 0 Å². The van der Waals surface area contributed by atoms with Crippen LogP contribution in [0.1, 0.15) is 33.3 Å². The van der Waals surface area contributed by atoms with Gasteiger partial charge in [0.05, 0.1) is 0 Å².